The summed E-state index contributed by atoms with van der Waals surface area (Å²) in [6.07, 6.45) is 3.64. The van der Waals surface area contributed by atoms with Crippen LogP contribution in [0.25, 0.3) is 43.1 Å². The molecule has 8 aromatic carbocycles. The number of hydrogen-bond acceptors (Lipinski definition) is 2. The lowest BCUT2D eigenvalue weighted by Crippen LogP contribution is -2.54. The Morgan fingerprint density at radius 3 is 0.902 bits per heavy atom. The Labute approximate surface area is 363 Å². The van der Waals surface area contributed by atoms with E-state index in [4.69, 9.17) is 9.47 Å². The zero-order valence-corrected chi connectivity index (χ0v) is 36.6. The fourth-order valence-electron chi connectivity index (χ4n) is 10.5. The van der Waals surface area contributed by atoms with Crippen LogP contribution >= 0.6 is 0 Å². The molecule has 0 spiro atoms. The molecule has 0 saturated carbocycles. The highest BCUT2D eigenvalue weighted by atomic mass is 16.8. The van der Waals surface area contributed by atoms with E-state index in [1.807, 2.05) is 0 Å². The molecule has 0 aromatic heterocycles. The monoisotopic (exact) mass is 806 g/mol. The third kappa shape index (κ3) is 9.44. The molecule has 0 amide bonds. The Balaban J connectivity index is 1.09. The minimum Gasteiger partial charge on any atom is -0.338 e. The summed E-state index contributed by atoms with van der Waals surface area (Å²) in [4.78, 5) is 0. The molecule has 0 unspecified atom stereocenters. The predicted octanol–water partition coefficient (Wildman–Crippen LogP) is 13.4. The summed E-state index contributed by atoms with van der Waals surface area (Å²) in [6, 6.07) is 63.0. The summed E-state index contributed by atoms with van der Waals surface area (Å²) in [5.74, 6) is -0.591. The van der Waals surface area contributed by atoms with Gasteiger partial charge < -0.3 is 18.4 Å². The average Bonchev–Trinajstić information content (AvgIpc) is 3.57. The zero-order chi connectivity index (χ0) is 41.9. The molecule has 9 rings (SSSR count). The topological polar surface area (TPSA) is 18.5 Å². The highest BCUT2D eigenvalue weighted by molar-refractivity contribution is 5.85. The van der Waals surface area contributed by atoms with Gasteiger partial charge in [-0.3, -0.25) is 0 Å². The molecule has 0 bridgehead atoms. The van der Waals surface area contributed by atoms with Crippen LogP contribution in [0.4, 0.5) is 0 Å². The van der Waals surface area contributed by atoms with E-state index in [0.717, 1.165) is 73.9 Å². The smallest absolute Gasteiger partial charge is 0.169 e. The normalized spacial score (nSPS) is 16.9. The molecule has 310 valence electrons. The van der Waals surface area contributed by atoms with E-state index in [0.29, 0.717) is 0 Å². The lowest BCUT2D eigenvalue weighted by molar-refractivity contribution is -0.944. The van der Waals surface area contributed by atoms with Gasteiger partial charge >= 0.3 is 0 Å². The first-order valence-electron chi connectivity index (χ1n) is 22.6. The lowest BCUT2D eigenvalue weighted by atomic mass is 10.0. The molecule has 1 aliphatic heterocycles. The highest BCUT2D eigenvalue weighted by Crippen LogP contribution is 2.40. The summed E-state index contributed by atoms with van der Waals surface area (Å²) < 4.78 is 16.5. The molecular weight excluding hydrogens is 745 g/mol. The third-order valence-corrected chi connectivity index (χ3v) is 13.2. The van der Waals surface area contributed by atoms with Gasteiger partial charge in [-0.1, -0.05) is 172 Å². The van der Waals surface area contributed by atoms with Gasteiger partial charge in [0.1, 0.15) is 51.5 Å². The molecule has 0 aliphatic carbocycles. The van der Waals surface area contributed by atoms with Gasteiger partial charge in [0.2, 0.25) is 0 Å². The first kappa shape index (κ1) is 41.0. The van der Waals surface area contributed by atoms with Crippen LogP contribution in [0.3, 0.4) is 0 Å². The Hall–Kier alpha value is -5.36. The van der Waals surface area contributed by atoms with Gasteiger partial charge in [-0.05, 0) is 67.4 Å². The van der Waals surface area contributed by atoms with Crippen molar-refractivity contribution in [3.8, 4) is 0 Å². The van der Waals surface area contributed by atoms with E-state index in [1.165, 1.54) is 65.3 Å². The maximum atomic E-state index is 7.47. The average molecular weight is 807 g/mol. The number of hydrogen-bond donors (Lipinski definition) is 0. The van der Waals surface area contributed by atoms with Crippen LogP contribution in [-0.4, -0.2) is 54.1 Å². The SMILES string of the molecule is CCCC1(CCC)O[C@@H](C[N+](C)(Cc2ccc3ccccc3c2)Cc2ccc3ccccc3c2)[C@H](C[N+](C)(Cc2ccc3ccccc3c2)Cc2ccc3ccccc3c2)O1. The van der Waals surface area contributed by atoms with Gasteiger partial charge in [-0.15, -0.1) is 0 Å². The van der Waals surface area contributed by atoms with Gasteiger partial charge in [0.15, 0.2) is 5.79 Å². The second-order valence-electron chi connectivity index (χ2n) is 18.7. The van der Waals surface area contributed by atoms with Crippen LogP contribution in [0.15, 0.2) is 170 Å². The van der Waals surface area contributed by atoms with Gasteiger partial charge in [-0.2, -0.15) is 0 Å². The van der Waals surface area contributed by atoms with Crippen molar-refractivity contribution in [1.29, 1.82) is 0 Å². The van der Waals surface area contributed by atoms with Crippen LogP contribution in [-0.2, 0) is 35.7 Å². The van der Waals surface area contributed by atoms with Crippen molar-refractivity contribution in [2.75, 3.05) is 27.2 Å². The standard InChI is InChI=1S/C57H62N2O2/c1-5-31-57(32-6-2)60-55(41-58(3,37-43-23-27-47-15-7-11-19-51(47)33-43)38-44-24-28-48-16-8-12-20-52(48)34-44)56(61-57)42-59(4,39-45-25-29-49-17-9-13-21-53(49)35-45)40-46-26-30-50-18-10-14-22-54(50)36-46/h7-30,33-36,55-56H,5-6,31-32,37-42H2,1-4H3/q+2/t55-,56-/m0/s1. The lowest BCUT2D eigenvalue weighted by Gasteiger charge is -2.40. The molecule has 1 saturated heterocycles. The van der Waals surface area contributed by atoms with Crippen molar-refractivity contribution in [3.63, 3.8) is 0 Å². The number of benzene rings is 8. The molecule has 0 N–H and O–H groups in total. The summed E-state index contributed by atoms with van der Waals surface area (Å²) >= 11 is 0. The van der Waals surface area contributed by atoms with Gasteiger partial charge in [0.25, 0.3) is 0 Å². The van der Waals surface area contributed by atoms with Crippen LogP contribution < -0.4 is 0 Å². The maximum absolute atomic E-state index is 7.47. The van der Waals surface area contributed by atoms with Crippen LogP contribution in [0, 0.1) is 0 Å². The number of fused-ring (bicyclic) bond motifs is 4. The zero-order valence-electron chi connectivity index (χ0n) is 36.6. The number of likely N-dealkylation sites (N-methyl/N-ethyl adjacent to an activating group) is 2. The van der Waals surface area contributed by atoms with Crippen molar-refractivity contribution < 1.29 is 18.4 Å². The van der Waals surface area contributed by atoms with Crippen molar-refractivity contribution in [2.45, 2.75) is 83.7 Å². The Morgan fingerprint density at radius 1 is 0.377 bits per heavy atom. The second kappa shape index (κ2) is 17.6. The number of ether oxygens (including phenoxy) is 2. The molecule has 4 heteroatoms. The molecule has 8 aromatic rings. The van der Waals surface area contributed by atoms with Gasteiger partial charge in [-0.25, -0.2) is 0 Å². The van der Waals surface area contributed by atoms with Crippen molar-refractivity contribution in [1.82, 2.24) is 0 Å². The molecule has 1 fully saturated rings. The fraction of sp³-hybridized carbons (Fsp3) is 0.298. The molecule has 4 nitrogen and oxygen atoms in total. The summed E-state index contributed by atoms with van der Waals surface area (Å²) in [5.41, 5.74) is 5.39. The van der Waals surface area contributed by atoms with Crippen molar-refractivity contribution >= 4 is 43.1 Å². The largest absolute Gasteiger partial charge is 0.338 e. The minimum absolute atomic E-state index is 0.0883. The van der Waals surface area contributed by atoms with Crippen LogP contribution in [0.1, 0.15) is 61.8 Å². The van der Waals surface area contributed by atoms with Gasteiger partial charge in [0.05, 0.1) is 14.1 Å². The van der Waals surface area contributed by atoms with E-state index in [9.17, 15) is 0 Å². The van der Waals surface area contributed by atoms with Crippen molar-refractivity contribution in [2.24, 2.45) is 0 Å². The fourth-order valence-corrected chi connectivity index (χ4v) is 10.5. The quantitative estimate of drug-likeness (QED) is 0.0906. The Bertz CT molecular complexity index is 2420. The number of rotatable bonds is 16. The van der Waals surface area contributed by atoms with E-state index >= 15 is 0 Å². The molecule has 0 radical (unpaired) electrons. The third-order valence-electron chi connectivity index (χ3n) is 13.2. The van der Waals surface area contributed by atoms with Gasteiger partial charge in [0, 0.05) is 35.1 Å². The summed E-state index contributed by atoms with van der Waals surface area (Å²) in [7, 11) is 4.89. The first-order chi connectivity index (χ1) is 29.7. The first-order valence-corrected chi connectivity index (χ1v) is 22.6. The van der Waals surface area contributed by atoms with Crippen LogP contribution in [0.2, 0.25) is 0 Å². The number of quaternary nitrogens is 2. The van der Waals surface area contributed by atoms with E-state index in [-0.39, 0.29) is 12.2 Å². The summed E-state index contributed by atoms with van der Waals surface area (Å²) in [5, 5.41) is 10.3. The number of nitrogens with zero attached hydrogens (tertiary/aromatic N) is 2. The molecule has 61 heavy (non-hydrogen) atoms. The minimum atomic E-state index is -0.591. The molecule has 1 heterocycles. The molecule has 2 atom stereocenters. The van der Waals surface area contributed by atoms with E-state index in [1.54, 1.807) is 0 Å². The summed E-state index contributed by atoms with van der Waals surface area (Å²) in [6.45, 7) is 9.77. The van der Waals surface area contributed by atoms with Crippen LogP contribution in [0.5, 0.6) is 0 Å². The van der Waals surface area contributed by atoms with E-state index in [2.05, 4.69) is 198 Å². The highest BCUT2D eigenvalue weighted by Gasteiger charge is 2.51. The Kier molecular flexibility index (Phi) is 11.8. The Morgan fingerprint density at radius 2 is 0.639 bits per heavy atom. The van der Waals surface area contributed by atoms with E-state index < -0.39 is 5.79 Å². The maximum Gasteiger partial charge on any atom is 0.169 e. The molecule has 1 aliphatic rings. The van der Waals surface area contributed by atoms with Crippen molar-refractivity contribution in [3.05, 3.63) is 192 Å². The second-order valence-corrected chi connectivity index (χ2v) is 18.7. The predicted molar refractivity (Wildman–Crippen MR) is 255 cm³/mol. The molecular formula is C57H62N2O2+2.